The number of nitro groups is 1. The van der Waals surface area contributed by atoms with Gasteiger partial charge in [0.2, 0.25) is 0 Å². The molecule has 0 spiro atoms. The average Bonchev–Trinajstić information content (AvgIpc) is 2.48. The summed E-state index contributed by atoms with van der Waals surface area (Å²) in [4.78, 5) is 25.5. The van der Waals surface area contributed by atoms with Crippen molar-refractivity contribution in [3.8, 4) is 11.5 Å². The lowest BCUT2D eigenvalue weighted by Gasteiger charge is -2.10. The number of amides is 1. The zero-order valence-electron chi connectivity index (χ0n) is 11.3. The van der Waals surface area contributed by atoms with Crippen LogP contribution in [0.5, 0.6) is 11.5 Å². The molecule has 0 bridgehead atoms. The van der Waals surface area contributed by atoms with Gasteiger partial charge in [-0.25, -0.2) is 4.98 Å². The molecule has 120 valence electrons. The number of hydrogen-bond acceptors (Lipinski definition) is 6. The summed E-state index contributed by atoms with van der Waals surface area (Å²) in [5, 5.41) is 22.3. The molecular weight excluding hydrogens is 316 g/mol. The van der Waals surface area contributed by atoms with Crippen LogP contribution in [-0.2, 0) is 0 Å². The molecule has 0 aliphatic rings. The molecule has 2 N–H and O–H groups in total. The number of carbonyl (C=O) groups is 1. The lowest BCUT2D eigenvalue weighted by atomic mass is 10.2. The van der Waals surface area contributed by atoms with Crippen molar-refractivity contribution in [2.75, 3.05) is 5.32 Å². The molecule has 0 aliphatic carbocycles. The molecule has 0 fully saturated rings. The standard InChI is InChI=1S/C13H9F2N3O5/c14-13(15)23-10-2-1-5-16-11(10)17-12(20)7-3-4-8(18(21)22)9(19)6-7/h1-6,13,19H,(H,16,17,20). The number of nitrogens with one attached hydrogen (secondary N) is 1. The molecule has 0 unspecified atom stereocenters. The number of nitro benzene ring substituents is 1. The first-order valence-electron chi connectivity index (χ1n) is 6.07. The summed E-state index contributed by atoms with van der Waals surface area (Å²) in [6, 6.07) is 5.44. The Kier molecular flexibility index (Phi) is 4.64. The van der Waals surface area contributed by atoms with Crippen molar-refractivity contribution in [2.45, 2.75) is 6.61 Å². The number of pyridine rings is 1. The highest BCUT2D eigenvalue weighted by Gasteiger charge is 2.18. The summed E-state index contributed by atoms with van der Waals surface area (Å²) in [7, 11) is 0. The second-order valence-electron chi connectivity index (χ2n) is 4.14. The summed E-state index contributed by atoms with van der Waals surface area (Å²) in [5.74, 6) is -2.11. The minimum absolute atomic E-state index is 0.123. The first kappa shape index (κ1) is 16.1. The van der Waals surface area contributed by atoms with Gasteiger partial charge in [-0.15, -0.1) is 0 Å². The quantitative estimate of drug-likeness (QED) is 0.645. The van der Waals surface area contributed by atoms with Gasteiger partial charge in [0.05, 0.1) is 4.92 Å². The molecular formula is C13H9F2N3O5. The van der Waals surface area contributed by atoms with E-state index in [2.05, 4.69) is 15.0 Å². The fraction of sp³-hybridized carbons (Fsp3) is 0.0769. The number of alkyl halides is 2. The zero-order valence-corrected chi connectivity index (χ0v) is 11.3. The zero-order chi connectivity index (χ0) is 17.0. The van der Waals surface area contributed by atoms with Gasteiger partial charge in [-0.1, -0.05) is 0 Å². The van der Waals surface area contributed by atoms with E-state index in [1.807, 2.05) is 0 Å². The van der Waals surface area contributed by atoms with Gasteiger partial charge in [0.15, 0.2) is 17.3 Å². The van der Waals surface area contributed by atoms with Crippen molar-refractivity contribution in [1.29, 1.82) is 0 Å². The Morgan fingerprint density at radius 1 is 1.39 bits per heavy atom. The van der Waals surface area contributed by atoms with E-state index in [-0.39, 0.29) is 17.1 Å². The topological polar surface area (TPSA) is 115 Å². The van der Waals surface area contributed by atoms with Crippen LogP contribution < -0.4 is 10.1 Å². The Bertz CT molecular complexity index is 754. The maximum absolute atomic E-state index is 12.3. The number of phenolic OH excluding ortho intramolecular Hbond substituents is 1. The molecule has 0 saturated heterocycles. The van der Waals surface area contributed by atoms with Gasteiger partial charge < -0.3 is 15.2 Å². The van der Waals surface area contributed by atoms with Gasteiger partial charge in [-0.05, 0) is 24.3 Å². The van der Waals surface area contributed by atoms with Crippen LogP contribution >= 0.6 is 0 Å². The van der Waals surface area contributed by atoms with Crippen molar-refractivity contribution in [1.82, 2.24) is 4.98 Å². The van der Waals surface area contributed by atoms with Crippen molar-refractivity contribution in [2.24, 2.45) is 0 Å². The minimum atomic E-state index is -3.10. The number of aromatic nitrogens is 1. The summed E-state index contributed by atoms with van der Waals surface area (Å²) in [6.45, 7) is -3.10. The van der Waals surface area contributed by atoms with Crippen molar-refractivity contribution in [3.63, 3.8) is 0 Å². The van der Waals surface area contributed by atoms with E-state index in [0.29, 0.717) is 0 Å². The molecule has 0 atom stereocenters. The molecule has 23 heavy (non-hydrogen) atoms. The first-order valence-corrected chi connectivity index (χ1v) is 6.07. The third-order valence-corrected chi connectivity index (χ3v) is 2.65. The Balaban J connectivity index is 2.23. The number of halogens is 2. The molecule has 1 heterocycles. The van der Waals surface area contributed by atoms with E-state index in [1.165, 1.54) is 18.3 Å². The van der Waals surface area contributed by atoms with Gasteiger partial charge in [0.1, 0.15) is 0 Å². The van der Waals surface area contributed by atoms with Crippen molar-refractivity contribution in [3.05, 3.63) is 52.2 Å². The molecule has 0 aliphatic heterocycles. The molecule has 1 amide bonds. The average molecular weight is 325 g/mol. The predicted octanol–water partition coefficient (Wildman–Crippen LogP) is 2.55. The number of rotatable bonds is 5. The SMILES string of the molecule is O=C(Nc1ncccc1OC(F)F)c1ccc([N+](=O)[O-])c(O)c1. The van der Waals surface area contributed by atoms with E-state index in [1.54, 1.807) is 0 Å². The maximum atomic E-state index is 12.3. The molecule has 1 aromatic heterocycles. The normalized spacial score (nSPS) is 10.4. The molecule has 2 rings (SSSR count). The number of ether oxygens (including phenoxy) is 1. The fourth-order valence-electron chi connectivity index (χ4n) is 1.67. The van der Waals surface area contributed by atoms with Gasteiger partial charge in [-0.2, -0.15) is 8.78 Å². The molecule has 0 saturated carbocycles. The van der Waals surface area contributed by atoms with Crippen LogP contribution in [0.3, 0.4) is 0 Å². The number of hydrogen-bond donors (Lipinski definition) is 2. The van der Waals surface area contributed by atoms with Gasteiger partial charge >= 0.3 is 12.3 Å². The molecule has 8 nitrogen and oxygen atoms in total. The highest BCUT2D eigenvalue weighted by molar-refractivity contribution is 6.04. The molecule has 10 heteroatoms. The maximum Gasteiger partial charge on any atom is 0.387 e. The van der Waals surface area contributed by atoms with Gasteiger partial charge in [0, 0.05) is 17.8 Å². The lowest BCUT2D eigenvalue weighted by Crippen LogP contribution is -2.15. The highest BCUT2D eigenvalue weighted by atomic mass is 19.3. The Hall–Kier alpha value is -3.30. The molecule has 2 aromatic rings. The van der Waals surface area contributed by atoms with Crippen molar-refractivity contribution >= 4 is 17.4 Å². The molecule has 0 radical (unpaired) electrons. The summed E-state index contributed by atoms with van der Waals surface area (Å²) in [5.41, 5.74) is -0.692. The minimum Gasteiger partial charge on any atom is -0.502 e. The van der Waals surface area contributed by atoms with Crippen molar-refractivity contribution < 1.29 is 28.3 Å². The van der Waals surface area contributed by atoms with Crippen LogP contribution in [0.2, 0.25) is 0 Å². The third kappa shape index (κ3) is 3.87. The second-order valence-corrected chi connectivity index (χ2v) is 4.14. The van der Waals surface area contributed by atoms with Crippen LogP contribution in [0.25, 0.3) is 0 Å². The van der Waals surface area contributed by atoms with Gasteiger partial charge in [-0.3, -0.25) is 14.9 Å². The summed E-state index contributed by atoms with van der Waals surface area (Å²) < 4.78 is 28.8. The summed E-state index contributed by atoms with van der Waals surface area (Å²) >= 11 is 0. The number of aromatic hydroxyl groups is 1. The predicted molar refractivity (Wildman–Crippen MR) is 73.6 cm³/mol. The number of nitrogens with zero attached hydrogens (tertiary/aromatic N) is 2. The number of carbonyl (C=O) groups excluding carboxylic acids is 1. The van der Waals surface area contributed by atoms with E-state index in [4.69, 9.17) is 0 Å². The number of anilines is 1. The van der Waals surface area contributed by atoms with Crippen LogP contribution in [0, 0.1) is 10.1 Å². The first-order chi connectivity index (χ1) is 10.9. The van der Waals surface area contributed by atoms with Crippen LogP contribution in [0.15, 0.2) is 36.5 Å². The molecule has 1 aromatic carbocycles. The second kappa shape index (κ2) is 6.64. The fourth-order valence-corrected chi connectivity index (χ4v) is 1.67. The third-order valence-electron chi connectivity index (χ3n) is 2.65. The Morgan fingerprint density at radius 3 is 2.74 bits per heavy atom. The van der Waals surface area contributed by atoms with Gasteiger partial charge in [0.25, 0.3) is 5.91 Å². The van der Waals surface area contributed by atoms with E-state index in [9.17, 15) is 28.8 Å². The van der Waals surface area contributed by atoms with E-state index < -0.39 is 28.9 Å². The smallest absolute Gasteiger partial charge is 0.387 e. The van der Waals surface area contributed by atoms with Crippen LogP contribution in [0.1, 0.15) is 10.4 Å². The van der Waals surface area contributed by atoms with Crippen LogP contribution in [0.4, 0.5) is 20.3 Å². The number of benzene rings is 1. The van der Waals surface area contributed by atoms with E-state index >= 15 is 0 Å². The Morgan fingerprint density at radius 2 is 2.13 bits per heavy atom. The highest BCUT2D eigenvalue weighted by Crippen LogP contribution is 2.27. The summed E-state index contributed by atoms with van der Waals surface area (Å²) in [6.07, 6.45) is 1.25. The lowest BCUT2D eigenvalue weighted by molar-refractivity contribution is -0.385. The largest absolute Gasteiger partial charge is 0.502 e. The number of phenols is 1. The Labute approximate surface area is 127 Å². The van der Waals surface area contributed by atoms with Crippen LogP contribution in [-0.4, -0.2) is 27.5 Å². The van der Waals surface area contributed by atoms with E-state index in [0.717, 1.165) is 18.2 Å². The monoisotopic (exact) mass is 325 g/mol.